The third kappa shape index (κ3) is 3.44. The molecule has 0 bridgehead atoms. The van der Waals surface area contributed by atoms with Crippen LogP contribution in [0.3, 0.4) is 0 Å². The van der Waals surface area contributed by atoms with Gasteiger partial charge < -0.3 is 5.32 Å². The van der Waals surface area contributed by atoms with Crippen LogP contribution in [0.25, 0.3) is 0 Å². The smallest absolute Gasteiger partial charge is 0.129 e. The van der Waals surface area contributed by atoms with E-state index >= 15 is 0 Å². The van der Waals surface area contributed by atoms with Crippen LogP contribution in [0, 0.1) is 0 Å². The van der Waals surface area contributed by atoms with Crippen LogP contribution in [0.4, 0.5) is 5.69 Å². The van der Waals surface area contributed by atoms with Gasteiger partial charge in [-0.05, 0) is 51.8 Å². The van der Waals surface area contributed by atoms with Crippen molar-refractivity contribution < 1.29 is 0 Å². The molecule has 0 amide bonds. The molecule has 0 aliphatic carbocycles. The van der Waals surface area contributed by atoms with Gasteiger partial charge in [0.1, 0.15) is 4.60 Å². The molecule has 0 spiro atoms. The van der Waals surface area contributed by atoms with Gasteiger partial charge in [-0.15, -0.1) is 0 Å². The van der Waals surface area contributed by atoms with E-state index in [-0.39, 0.29) is 0 Å². The summed E-state index contributed by atoms with van der Waals surface area (Å²) in [5, 5.41) is 4.03. The Bertz CT molecular complexity index is 532. The summed E-state index contributed by atoms with van der Waals surface area (Å²) in [5.41, 5.74) is 2.06. The molecule has 1 aromatic heterocycles. The van der Waals surface area contributed by atoms with Crippen molar-refractivity contribution in [1.82, 2.24) is 4.98 Å². The number of anilines is 1. The fraction of sp³-hybridized carbons (Fsp3) is 0.0833. The van der Waals surface area contributed by atoms with E-state index in [0.29, 0.717) is 6.54 Å². The van der Waals surface area contributed by atoms with Crippen molar-refractivity contribution in [3.8, 4) is 0 Å². The highest BCUT2D eigenvalue weighted by atomic mass is 79.9. The third-order valence-corrected chi connectivity index (χ3v) is 3.88. The van der Waals surface area contributed by atoms with Crippen molar-refractivity contribution in [3.63, 3.8) is 0 Å². The van der Waals surface area contributed by atoms with E-state index in [1.54, 1.807) is 6.20 Å². The summed E-state index contributed by atoms with van der Waals surface area (Å²) < 4.78 is 1.84. The van der Waals surface area contributed by atoms with Crippen molar-refractivity contribution >= 4 is 49.1 Å². The molecule has 2 rings (SSSR count). The Balaban J connectivity index is 2.12. The predicted molar refractivity (Wildman–Crippen MR) is 78.4 cm³/mol. The average molecular weight is 376 g/mol. The number of aromatic nitrogens is 1. The summed E-state index contributed by atoms with van der Waals surface area (Å²) in [7, 11) is 0. The van der Waals surface area contributed by atoms with Crippen LogP contribution in [0.15, 0.2) is 45.6 Å². The van der Waals surface area contributed by atoms with E-state index in [0.717, 1.165) is 25.3 Å². The normalized spacial score (nSPS) is 10.3. The summed E-state index contributed by atoms with van der Waals surface area (Å²) >= 11 is 12.8. The van der Waals surface area contributed by atoms with Gasteiger partial charge in [-0.25, -0.2) is 4.98 Å². The van der Waals surface area contributed by atoms with Crippen molar-refractivity contribution in [2.45, 2.75) is 6.54 Å². The van der Waals surface area contributed by atoms with Crippen LogP contribution in [0.2, 0.25) is 5.02 Å². The standard InChI is InChI=1S/C12H9Br2ClN2/c13-10-4-3-9(15)6-8(10)7-17-11-2-1-5-16-12(11)14/h1-6,17H,7H2. The molecule has 0 saturated heterocycles. The molecule has 0 aliphatic heterocycles. The van der Waals surface area contributed by atoms with Crippen LogP contribution >= 0.6 is 43.5 Å². The van der Waals surface area contributed by atoms with Gasteiger partial charge in [0.05, 0.1) is 5.69 Å². The molecule has 17 heavy (non-hydrogen) atoms. The Labute approximate surface area is 122 Å². The molecule has 1 heterocycles. The quantitative estimate of drug-likeness (QED) is 0.773. The van der Waals surface area contributed by atoms with Crippen LogP contribution in [-0.4, -0.2) is 4.98 Å². The van der Waals surface area contributed by atoms with E-state index in [1.807, 2.05) is 30.3 Å². The molecule has 0 aliphatic rings. The lowest BCUT2D eigenvalue weighted by atomic mass is 10.2. The fourth-order valence-corrected chi connectivity index (χ4v) is 2.36. The van der Waals surface area contributed by atoms with Crippen LogP contribution < -0.4 is 5.32 Å². The topological polar surface area (TPSA) is 24.9 Å². The van der Waals surface area contributed by atoms with Gasteiger partial charge >= 0.3 is 0 Å². The maximum Gasteiger partial charge on any atom is 0.129 e. The maximum absolute atomic E-state index is 5.96. The Morgan fingerprint density at radius 3 is 2.82 bits per heavy atom. The molecule has 0 unspecified atom stereocenters. The van der Waals surface area contributed by atoms with Gasteiger partial charge in [0, 0.05) is 22.2 Å². The number of halogens is 3. The molecule has 0 saturated carbocycles. The Morgan fingerprint density at radius 2 is 2.06 bits per heavy atom. The Morgan fingerprint density at radius 1 is 1.24 bits per heavy atom. The van der Waals surface area contributed by atoms with Crippen molar-refractivity contribution in [3.05, 3.63) is 56.2 Å². The first kappa shape index (κ1) is 12.9. The van der Waals surface area contributed by atoms with E-state index in [4.69, 9.17) is 11.6 Å². The number of hydrogen-bond donors (Lipinski definition) is 1. The third-order valence-electron chi connectivity index (χ3n) is 2.24. The van der Waals surface area contributed by atoms with Crippen molar-refractivity contribution in [2.24, 2.45) is 0 Å². The second-order valence-corrected chi connectivity index (χ2v) is 5.47. The van der Waals surface area contributed by atoms with Crippen molar-refractivity contribution in [2.75, 3.05) is 5.32 Å². The van der Waals surface area contributed by atoms with E-state index in [1.165, 1.54) is 0 Å². The largest absolute Gasteiger partial charge is 0.379 e. The number of rotatable bonds is 3. The van der Waals surface area contributed by atoms with Gasteiger partial charge in [-0.2, -0.15) is 0 Å². The number of nitrogens with one attached hydrogen (secondary N) is 1. The number of pyridine rings is 1. The monoisotopic (exact) mass is 374 g/mol. The first-order valence-electron chi connectivity index (χ1n) is 4.95. The zero-order valence-electron chi connectivity index (χ0n) is 8.75. The Hall–Kier alpha value is -0.580. The molecule has 88 valence electrons. The summed E-state index contributed by atoms with van der Waals surface area (Å²) in [5.74, 6) is 0. The van der Waals surface area contributed by atoms with Gasteiger partial charge in [0.25, 0.3) is 0 Å². The van der Waals surface area contributed by atoms with Crippen LogP contribution in [0.5, 0.6) is 0 Å². The van der Waals surface area contributed by atoms with Gasteiger partial charge in [-0.1, -0.05) is 27.5 Å². The van der Waals surface area contributed by atoms with Gasteiger partial charge in [-0.3, -0.25) is 0 Å². The average Bonchev–Trinajstić information content (AvgIpc) is 2.32. The lowest BCUT2D eigenvalue weighted by Gasteiger charge is -2.09. The lowest BCUT2D eigenvalue weighted by Crippen LogP contribution is -2.01. The summed E-state index contributed by atoms with van der Waals surface area (Å²) in [4.78, 5) is 4.15. The second-order valence-electron chi connectivity index (χ2n) is 3.43. The molecular weight excluding hydrogens is 367 g/mol. The van der Waals surface area contributed by atoms with E-state index in [9.17, 15) is 0 Å². The molecule has 2 aromatic rings. The van der Waals surface area contributed by atoms with Gasteiger partial charge in [0.2, 0.25) is 0 Å². The molecule has 1 N–H and O–H groups in total. The predicted octanol–water partition coefficient (Wildman–Crippen LogP) is 4.87. The molecule has 0 radical (unpaired) electrons. The first-order valence-corrected chi connectivity index (χ1v) is 6.91. The first-order chi connectivity index (χ1) is 8.16. The summed E-state index contributed by atoms with van der Waals surface area (Å²) in [6, 6.07) is 9.59. The van der Waals surface area contributed by atoms with E-state index < -0.39 is 0 Å². The summed E-state index contributed by atoms with van der Waals surface area (Å²) in [6.45, 7) is 0.686. The SMILES string of the molecule is Clc1ccc(Br)c(CNc2cccnc2Br)c1. The number of benzene rings is 1. The van der Waals surface area contributed by atoms with Crippen molar-refractivity contribution in [1.29, 1.82) is 0 Å². The highest BCUT2D eigenvalue weighted by molar-refractivity contribution is 9.10. The minimum Gasteiger partial charge on any atom is -0.379 e. The van der Waals surface area contributed by atoms with Crippen LogP contribution in [0.1, 0.15) is 5.56 Å². The Kier molecular flexibility index (Phi) is 4.42. The number of nitrogens with zero attached hydrogens (tertiary/aromatic N) is 1. The lowest BCUT2D eigenvalue weighted by molar-refractivity contribution is 1.12. The highest BCUT2D eigenvalue weighted by Gasteiger charge is 2.03. The van der Waals surface area contributed by atoms with Gasteiger partial charge in [0.15, 0.2) is 0 Å². The van der Waals surface area contributed by atoms with Crippen LogP contribution in [-0.2, 0) is 6.54 Å². The summed E-state index contributed by atoms with van der Waals surface area (Å²) in [6.07, 6.45) is 1.74. The van der Waals surface area contributed by atoms with E-state index in [2.05, 4.69) is 42.2 Å². The molecule has 2 nitrogen and oxygen atoms in total. The molecule has 0 atom stereocenters. The fourth-order valence-electron chi connectivity index (χ4n) is 1.39. The molecule has 0 fully saturated rings. The zero-order chi connectivity index (χ0) is 12.3. The zero-order valence-corrected chi connectivity index (χ0v) is 12.7. The minimum atomic E-state index is 0.686. The second kappa shape index (κ2) is 5.85. The number of hydrogen-bond acceptors (Lipinski definition) is 2. The molecule has 5 heteroatoms. The molecule has 1 aromatic carbocycles. The molecular formula is C12H9Br2ClN2. The highest BCUT2D eigenvalue weighted by Crippen LogP contribution is 2.24. The maximum atomic E-state index is 5.96. The minimum absolute atomic E-state index is 0.686.